The Labute approximate surface area is 71.8 Å². The highest BCUT2D eigenvalue weighted by atomic mass is 16.5. The van der Waals surface area contributed by atoms with E-state index in [2.05, 4.69) is 0 Å². The van der Waals surface area contributed by atoms with Crippen LogP contribution in [0.1, 0.15) is 5.56 Å². The average molecular weight is 167 g/mol. The molecule has 0 atom stereocenters. The van der Waals surface area contributed by atoms with Crippen molar-refractivity contribution in [3.8, 4) is 5.75 Å². The Morgan fingerprint density at radius 2 is 2.17 bits per heavy atom. The van der Waals surface area contributed by atoms with Gasteiger partial charge in [-0.05, 0) is 24.6 Å². The average Bonchev–Trinajstić information content (AvgIpc) is 1.99. The molecule has 0 heterocycles. The van der Waals surface area contributed by atoms with Crippen LogP contribution >= 0.6 is 0 Å². The van der Waals surface area contributed by atoms with E-state index < -0.39 is 0 Å². The Balaban J connectivity index is 2.72. The number of aliphatic hydroxyl groups excluding tert-OH is 1. The van der Waals surface area contributed by atoms with Crippen LogP contribution in [0, 0.1) is 6.92 Å². The molecule has 12 heavy (non-hydrogen) atoms. The lowest BCUT2D eigenvalue weighted by Crippen LogP contribution is -2.02. The van der Waals surface area contributed by atoms with Crippen LogP contribution in [0.3, 0.4) is 0 Å². The van der Waals surface area contributed by atoms with Crippen LogP contribution in [0.25, 0.3) is 0 Å². The van der Waals surface area contributed by atoms with Crippen LogP contribution in [0.2, 0.25) is 0 Å². The molecule has 0 unspecified atom stereocenters. The molecular formula is C9H13NO2. The largest absolute Gasteiger partial charge is 0.491 e. The standard InChI is InChI=1S/C9H13NO2/c1-7-4-8(10)6-9(5-7)12-3-2-11/h4-6,11H,2-3,10H2,1H3. The fourth-order valence-corrected chi connectivity index (χ4v) is 1.02. The molecule has 0 aliphatic heterocycles. The number of aryl methyl sites for hydroxylation is 1. The quantitative estimate of drug-likeness (QED) is 0.659. The van der Waals surface area contributed by atoms with Gasteiger partial charge in [-0.25, -0.2) is 0 Å². The monoisotopic (exact) mass is 167 g/mol. The van der Waals surface area contributed by atoms with Crippen molar-refractivity contribution in [1.82, 2.24) is 0 Å². The summed E-state index contributed by atoms with van der Waals surface area (Å²) in [6.07, 6.45) is 0. The highest BCUT2D eigenvalue weighted by Crippen LogP contribution is 2.17. The molecule has 1 aromatic rings. The maximum atomic E-state index is 8.51. The first kappa shape index (κ1) is 8.87. The molecule has 0 radical (unpaired) electrons. The highest BCUT2D eigenvalue weighted by Gasteiger charge is 1.95. The zero-order valence-electron chi connectivity index (χ0n) is 7.08. The van der Waals surface area contributed by atoms with E-state index in [0.717, 1.165) is 5.56 Å². The minimum atomic E-state index is 0.0217. The Hall–Kier alpha value is -1.22. The third-order valence-electron chi connectivity index (χ3n) is 1.43. The topological polar surface area (TPSA) is 55.5 Å². The van der Waals surface area contributed by atoms with Gasteiger partial charge in [-0.1, -0.05) is 0 Å². The van der Waals surface area contributed by atoms with E-state index in [0.29, 0.717) is 18.0 Å². The second-order valence-electron chi connectivity index (χ2n) is 2.65. The van der Waals surface area contributed by atoms with E-state index in [-0.39, 0.29) is 6.61 Å². The van der Waals surface area contributed by atoms with Gasteiger partial charge in [-0.3, -0.25) is 0 Å². The predicted molar refractivity (Wildman–Crippen MR) is 48.2 cm³/mol. The summed E-state index contributed by atoms with van der Waals surface area (Å²) in [5.74, 6) is 0.710. The maximum absolute atomic E-state index is 8.51. The van der Waals surface area contributed by atoms with E-state index in [4.69, 9.17) is 15.6 Å². The van der Waals surface area contributed by atoms with Gasteiger partial charge in [-0.15, -0.1) is 0 Å². The molecule has 0 bridgehead atoms. The number of nitrogens with two attached hydrogens (primary N) is 1. The summed E-state index contributed by atoms with van der Waals surface area (Å²) in [6.45, 7) is 2.28. The van der Waals surface area contributed by atoms with Crippen molar-refractivity contribution in [2.75, 3.05) is 18.9 Å². The van der Waals surface area contributed by atoms with Crippen LogP contribution in [0.5, 0.6) is 5.75 Å². The third-order valence-corrected chi connectivity index (χ3v) is 1.43. The van der Waals surface area contributed by atoms with E-state index in [9.17, 15) is 0 Å². The summed E-state index contributed by atoms with van der Waals surface area (Å²) in [5, 5.41) is 8.51. The molecule has 66 valence electrons. The normalized spacial score (nSPS) is 9.83. The molecule has 1 rings (SSSR count). The number of anilines is 1. The summed E-state index contributed by atoms with van der Waals surface area (Å²) in [5.41, 5.74) is 7.33. The number of benzene rings is 1. The lowest BCUT2D eigenvalue weighted by atomic mass is 10.2. The Morgan fingerprint density at radius 3 is 2.75 bits per heavy atom. The van der Waals surface area contributed by atoms with Crippen molar-refractivity contribution in [1.29, 1.82) is 0 Å². The van der Waals surface area contributed by atoms with Gasteiger partial charge in [0.05, 0.1) is 6.61 Å². The first-order valence-corrected chi connectivity index (χ1v) is 3.83. The molecule has 1 aromatic carbocycles. The van der Waals surface area contributed by atoms with Crippen molar-refractivity contribution in [2.45, 2.75) is 6.92 Å². The minimum Gasteiger partial charge on any atom is -0.491 e. The molecule has 0 fully saturated rings. The predicted octanol–water partition coefficient (Wildman–Crippen LogP) is 0.948. The summed E-state index contributed by atoms with van der Waals surface area (Å²) in [4.78, 5) is 0. The minimum absolute atomic E-state index is 0.0217. The van der Waals surface area contributed by atoms with Crippen LogP contribution in [-0.4, -0.2) is 18.3 Å². The number of aliphatic hydroxyl groups is 1. The SMILES string of the molecule is Cc1cc(N)cc(OCCO)c1. The fourth-order valence-electron chi connectivity index (χ4n) is 1.02. The Morgan fingerprint density at radius 1 is 1.42 bits per heavy atom. The third kappa shape index (κ3) is 2.43. The Kier molecular flexibility index (Phi) is 2.94. The van der Waals surface area contributed by atoms with Crippen molar-refractivity contribution >= 4 is 5.69 Å². The van der Waals surface area contributed by atoms with E-state index in [1.165, 1.54) is 0 Å². The summed E-state index contributed by atoms with van der Waals surface area (Å²) < 4.78 is 5.19. The molecular weight excluding hydrogens is 154 g/mol. The van der Waals surface area contributed by atoms with Gasteiger partial charge < -0.3 is 15.6 Å². The van der Waals surface area contributed by atoms with Crippen LogP contribution in [0.15, 0.2) is 18.2 Å². The molecule has 0 aromatic heterocycles. The van der Waals surface area contributed by atoms with Gasteiger partial charge in [0.25, 0.3) is 0 Å². The van der Waals surface area contributed by atoms with Crippen LogP contribution in [-0.2, 0) is 0 Å². The van der Waals surface area contributed by atoms with Gasteiger partial charge in [-0.2, -0.15) is 0 Å². The van der Waals surface area contributed by atoms with Gasteiger partial charge >= 0.3 is 0 Å². The summed E-state index contributed by atoms with van der Waals surface area (Å²) >= 11 is 0. The van der Waals surface area contributed by atoms with Crippen LogP contribution < -0.4 is 10.5 Å². The van der Waals surface area contributed by atoms with Crippen LogP contribution in [0.4, 0.5) is 5.69 Å². The van der Waals surface area contributed by atoms with E-state index in [1.54, 1.807) is 6.07 Å². The van der Waals surface area contributed by atoms with E-state index >= 15 is 0 Å². The first-order valence-electron chi connectivity index (χ1n) is 3.83. The second-order valence-corrected chi connectivity index (χ2v) is 2.65. The molecule has 0 saturated carbocycles. The number of rotatable bonds is 3. The second kappa shape index (κ2) is 3.97. The summed E-state index contributed by atoms with van der Waals surface area (Å²) in [7, 11) is 0. The van der Waals surface area contributed by atoms with Gasteiger partial charge in [0.1, 0.15) is 12.4 Å². The highest BCUT2D eigenvalue weighted by molar-refractivity contribution is 5.47. The summed E-state index contributed by atoms with van der Waals surface area (Å²) in [6, 6.07) is 5.49. The fraction of sp³-hybridized carbons (Fsp3) is 0.333. The molecule has 3 nitrogen and oxygen atoms in total. The zero-order valence-corrected chi connectivity index (χ0v) is 7.08. The number of hydrogen-bond donors (Lipinski definition) is 2. The first-order chi connectivity index (χ1) is 5.72. The molecule has 0 spiro atoms. The number of hydrogen-bond acceptors (Lipinski definition) is 3. The smallest absolute Gasteiger partial charge is 0.121 e. The van der Waals surface area contributed by atoms with Gasteiger partial charge in [0.2, 0.25) is 0 Å². The molecule has 0 saturated heterocycles. The maximum Gasteiger partial charge on any atom is 0.121 e. The Bertz CT molecular complexity index is 240. The zero-order chi connectivity index (χ0) is 8.97. The molecule has 0 aliphatic carbocycles. The molecule has 3 N–H and O–H groups in total. The molecule has 0 amide bonds. The van der Waals surface area contributed by atoms with Crippen molar-refractivity contribution in [2.24, 2.45) is 0 Å². The van der Waals surface area contributed by atoms with Gasteiger partial charge in [0.15, 0.2) is 0 Å². The van der Waals surface area contributed by atoms with Gasteiger partial charge in [0, 0.05) is 11.8 Å². The molecule has 3 heteroatoms. The molecule has 0 aliphatic rings. The lowest BCUT2D eigenvalue weighted by molar-refractivity contribution is 0.201. The number of nitrogen functional groups attached to an aromatic ring is 1. The van der Waals surface area contributed by atoms with Crippen molar-refractivity contribution in [3.05, 3.63) is 23.8 Å². The van der Waals surface area contributed by atoms with Crippen molar-refractivity contribution in [3.63, 3.8) is 0 Å². The van der Waals surface area contributed by atoms with E-state index in [1.807, 2.05) is 19.1 Å². The lowest BCUT2D eigenvalue weighted by Gasteiger charge is -2.05. The van der Waals surface area contributed by atoms with Crippen molar-refractivity contribution < 1.29 is 9.84 Å². The number of ether oxygens (including phenoxy) is 1.